The molecule has 2 aromatic rings. The van der Waals surface area contributed by atoms with Crippen LogP contribution in [0.5, 0.6) is 0 Å². The van der Waals surface area contributed by atoms with Gasteiger partial charge >= 0.3 is 24.3 Å². The third-order valence-electron chi connectivity index (χ3n) is 5.12. The fourth-order valence-electron chi connectivity index (χ4n) is 3.58. The molecule has 1 saturated heterocycles. The fraction of sp³-hybridized carbons (Fsp3) is 0.400. The summed E-state index contributed by atoms with van der Waals surface area (Å²) in [7, 11) is 1.92. The minimum Gasteiger partial charge on any atom is -0.475 e. The summed E-state index contributed by atoms with van der Waals surface area (Å²) in [5, 5.41) is 14.2. The fourth-order valence-corrected chi connectivity index (χ4v) is 3.58. The van der Waals surface area contributed by atoms with Crippen molar-refractivity contribution >= 4 is 17.8 Å². The van der Waals surface area contributed by atoms with Gasteiger partial charge in [0, 0.05) is 45.3 Å². The van der Waals surface area contributed by atoms with Gasteiger partial charge in [-0.05, 0) is 23.8 Å². The smallest absolute Gasteiger partial charge is 0.475 e. The van der Waals surface area contributed by atoms with Gasteiger partial charge in [-0.2, -0.15) is 26.3 Å². The highest BCUT2D eigenvalue weighted by atomic mass is 19.4. The standard InChI is InChI=1S/C16H18N4O.2C2HF3O2/c1-18-14-10-19(9-12-4-2-6-17-8-12)11-15(14)20-7-3-5-13(20)16(18)21;2*3-2(4,5)1(6)7/h2-8,14-15H,9-11H2,1H3;2*(H,6,7)/t14-,15+;;/m1../s1. The van der Waals surface area contributed by atoms with Gasteiger partial charge in [0.1, 0.15) is 5.69 Å². The zero-order valence-electron chi connectivity index (χ0n) is 18.0. The second-order valence-electron chi connectivity index (χ2n) is 7.51. The molecule has 4 rings (SSSR count). The highest BCUT2D eigenvalue weighted by molar-refractivity contribution is 5.93. The Balaban J connectivity index is 0.000000257. The predicted octanol–water partition coefficient (Wildman–Crippen LogP) is 2.66. The van der Waals surface area contributed by atoms with Crippen molar-refractivity contribution in [2.45, 2.75) is 31.0 Å². The summed E-state index contributed by atoms with van der Waals surface area (Å²) in [4.78, 5) is 38.6. The largest absolute Gasteiger partial charge is 0.490 e. The quantitative estimate of drug-likeness (QED) is 0.597. The summed E-state index contributed by atoms with van der Waals surface area (Å²) < 4.78 is 65.6. The average molecular weight is 510 g/mol. The summed E-state index contributed by atoms with van der Waals surface area (Å²) in [6, 6.07) is 8.57. The lowest BCUT2D eigenvalue weighted by Gasteiger charge is -2.35. The molecule has 0 saturated carbocycles. The predicted molar refractivity (Wildman–Crippen MR) is 106 cm³/mol. The van der Waals surface area contributed by atoms with E-state index in [1.807, 2.05) is 42.5 Å². The van der Waals surface area contributed by atoms with Crippen molar-refractivity contribution in [2.75, 3.05) is 20.1 Å². The van der Waals surface area contributed by atoms with E-state index in [-0.39, 0.29) is 11.9 Å². The molecule has 2 aliphatic heterocycles. The molecule has 2 atom stereocenters. The first kappa shape index (κ1) is 27.6. The van der Waals surface area contributed by atoms with E-state index in [1.54, 1.807) is 6.20 Å². The molecular formula is C20H20F6N4O5. The van der Waals surface area contributed by atoms with Gasteiger partial charge < -0.3 is 19.7 Å². The van der Waals surface area contributed by atoms with Crippen molar-refractivity contribution in [3.05, 3.63) is 54.1 Å². The Morgan fingerprint density at radius 2 is 1.54 bits per heavy atom. The zero-order valence-corrected chi connectivity index (χ0v) is 18.0. The molecule has 2 aliphatic rings. The van der Waals surface area contributed by atoms with Crippen LogP contribution in [-0.4, -0.2) is 85.9 Å². The van der Waals surface area contributed by atoms with Crippen LogP contribution in [0.3, 0.4) is 0 Å². The van der Waals surface area contributed by atoms with Gasteiger partial charge in [-0.15, -0.1) is 0 Å². The molecule has 0 spiro atoms. The van der Waals surface area contributed by atoms with E-state index in [9.17, 15) is 31.1 Å². The summed E-state index contributed by atoms with van der Waals surface area (Å²) in [6.45, 7) is 2.78. The first-order valence-electron chi connectivity index (χ1n) is 9.78. The number of likely N-dealkylation sites (tertiary alicyclic amines) is 1. The number of carbonyl (C=O) groups is 3. The first-order chi connectivity index (χ1) is 16.1. The molecule has 0 radical (unpaired) electrons. The second-order valence-corrected chi connectivity index (χ2v) is 7.51. The third kappa shape index (κ3) is 7.18. The highest BCUT2D eigenvalue weighted by Crippen LogP contribution is 2.33. The SMILES string of the molecule is CN1C(=O)c2cccn2[C@H]2CN(Cc3cccnc3)C[C@H]21.O=C(O)C(F)(F)F.O=C(O)C(F)(F)F. The number of hydrogen-bond acceptors (Lipinski definition) is 5. The summed E-state index contributed by atoms with van der Waals surface area (Å²) in [6.07, 6.45) is -4.42. The number of fused-ring (bicyclic) bond motifs is 3. The molecule has 1 fully saturated rings. The molecule has 35 heavy (non-hydrogen) atoms. The van der Waals surface area contributed by atoms with Gasteiger partial charge in [0.15, 0.2) is 0 Å². The van der Waals surface area contributed by atoms with E-state index in [1.165, 1.54) is 5.56 Å². The van der Waals surface area contributed by atoms with E-state index >= 15 is 0 Å². The van der Waals surface area contributed by atoms with Gasteiger partial charge in [-0.1, -0.05) is 6.07 Å². The monoisotopic (exact) mass is 510 g/mol. The number of halogens is 6. The number of nitrogens with zero attached hydrogens (tertiary/aromatic N) is 4. The van der Waals surface area contributed by atoms with Gasteiger partial charge in [0.2, 0.25) is 0 Å². The molecule has 0 unspecified atom stereocenters. The lowest BCUT2D eigenvalue weighted by Crippen LogP contribution is -2.48. The molecular weight excluding hydrogens is 490 g/mol. The number of carboxylic acids is 2. The zero-order chi connectivity index (χ0) is 26.6. The van der Waals surface area contributed by atoms with Crippen molar-refractivity contribution in [3.63, 3.8) is 0 Å². The third-order valence-corrected chi connectivity index (χ3v) is 5.12. The van der Waals surface area contributed by atoms with E-state index in [2.05, 4.69) is 20.5 Å². The summed E-state index contributed by atoms with van der Waals surface area (Å²) >= 11 is 0. The Hall–Kier alpha value is -3.62. The molecule has 192 valence electrons. The van der Waals surface area contributed by atoms with Crippen molar-refractivity contribution < 1.29 is 50.9 Å². The number of likely N-dealkylation sites (N-methyl/N-ethyl adjacent to an activating group) is 1. The van der Waals surface area contributed by atoms with E-state index in [0.717, 1.165) is 25.3 Å². The Morgan fingerprint density at radius 1 is 1.00 bits per heavy atom. The van der Waals surface area contributed by atoms with Crippen molar-refractivity contribution in [1.82, 2.24) is 19.4 Å². The van der Waals surface area contributed by atoms with E-state index in [0.29, 0.717) is 6.04 Å². The Morgan fingerprint density at radius 3 is 2.03 bits per heavy atom. The number of hydrogen-bond donors (Lipinski definition) is 2. The molecule has 0 aromatic carbocycles. The number of aliphatic carboxylic acids is 2. The lowest BCUT2D eigenvalue weighted by molar-refractivity contribution is -0.193. The lowest BCUT2D eigenvalue weighted by atomic mass is 10.1. The number of amides is 1. The summed E-state index contributed by atoms with van der Waals surface area (Å²) in [5.74, 6) is -5.38. The minimum atomic E-state index is -5.08. The molecule has 0 bridgehead atoms. The average Bonchev–Trinajstić information content (AvgIpc) is 3.39. The minimum absolute atomic E-state index is 0.129. The molecule has 1 amide bonds. The maximum Gasteiger partial charge on any atom is 0.490 e. The number of carboxylic acid groups (broad SMARTS) is 2. The van der Waals surface area contributed by atoms with Crippen LogP contribution in [0.1, 0.15) is 22.1 Å². The normalized spacial score (nSPS) is 19.5. The topological polar surface area (TPSA) is 116 Å². The van der Waals surface area contributed by atoms with Crippen LogP contribution in [0.4, 0.5) is 26.3 Å². The second kappa shape index (κ2) is 10.8. The van der Waals surface area contributed by atoms with Crippen LogP contribution in [0.2, 0.25) is 0 Å². The van der Waals surface area contributed by atoms with Crippen molar-refractivity contribution in [3.8, 4) is 0 Å². The van der Waals surface area contributed by atoms with Crippen LogP contribution in [0.15, 0.2) is 42.9 Å². The van der Waals surface area contributed by atoms with Gasteiger partial charge in [-0.3, -0.25) is 14.7 Å². The van der Waals surface area contributed by atoms with Crippen LogP contribution >= 0.6 is 0 Å². The van der Waals surface area contributed by atoms with E-state index < -0.39 is 24.3 Å². The first-order valence-corrected chi connectivity index (χ1v) is 9.78. The number of pyridine rings is 1. The number of aromatic nitrogens is 2. The number of rotatable bonds is 2. The molecule has 9 nitrogen and oxygen atoms in total. The van der Waals surface area contributed by atoms with Crippen LogP contribution in [0, 0.1) is 0 Å². The summed E-state index contributed by atoms with van der Waals surface area (Å²) in [5.41, 5.74) is 2.03. The molecule has 4 heterocycles. The molecule has 0 aliphatic carbocycles. The van der Waals surface area contributed by atoms with Gasteiger partial charge in [0.25, 0.3) is 5.91 Å². The Labute approximate surface area is 194 Å². The number of carbonyl (C=O) groups excluding carboxylic acids is 1. The molecule has 15 heteroatoms. The van der Waals surface area contributed by atoms with Crippen LogP contribution in [0.25, 0.3) is 0 Å². The number of alkyl halides is 6. The van der Waals surface area contributed by atoms with E-state index in [4.69, 9.17) is 19.8 Å². The van der Waals surface area contributed by atoms with Gasteiger partial charge in [-0.25, -0.2) is 9.59 Å². The molecule has 2 N–H and O–H groups in total. The maximum absolute atomic E-state index is 12.4. The Bertz CT molecular complexity index is 1020. The van der Waals surface area contributed by atoms with Crippen LogP contribution < -0.4 is 0 Å². The Kier molecular flexibility index (Phi) is 8.49. The van der Waals surface area contributed by atoms with Crippen LogP contribution in [-0.2, 0) is 16.1 Å². The van der Waals surface area contributed by atoms with Crippen molar-refractivity contribution in [2.24, 2.45) is 0 Å². The highest BCUT2D eigenvalue weighted by Gasteiger charge is 2.43. The maximum atomic E-state index is 12.4. The van der Waals surface area contributed by atoms with Crippen molar-refractivity contribution in [1.29, 1.82) is 0 Å². The van der Waals surface area contributed by atoms with Gasteiger partial charge in [0.05, 0.1) is 12.1 Å². The molecule has 2 aromatic heterocycles.